The molecule has 3 aromatic rings. The summed E-state index contributed by atoms with van der Waals surface area (Å²) in [6, 6.07) is 23.5. The highest BCUT2D eigenvalue weighted by Crippen LogP contribution is 2.34. The molecule has 42 heavy (non-hydrogen) atoms. The van der Waals surface area contributed by atoms with Gasteiger partial charge in [0.15, 0.2) is 5.76 Å². The van der Waals surface area contributed by atoms with Gasteiger partial charge >= 0.3 is 0 Å². The lowest BCUT2D eigenvalue weighted by atomic mass is 9.89. The smallest absolute Gasteiger partial charge is 0.289 e. The van der Waals surface area contributed by atoms with E-state index in [9.17, 15) is 9.59 Å². The largest absolute Gasteiger partial charge is 0.494 e. The molecule has 2 fully saturated rings. The molecule has 1 N–H and O–H groups in total. The highest BCUT2D eigenvalue weighted by molar-refractivity contribution is 5.97. The lowest BCUT2D eigenvalue weighted by molar-refractivity contribution is -0.149. The quantitative estimate of drug-likeness (QED) is 0.205. The molecule has 5 rings (SSSR count). The summed E-state index contributed by atoms with van der Waals surface area (Å²) in [4.78, 5) is 28.6. The van der Waals surface area contributed by atoms with Crippen LogP contribution in [0.5, 0.6) is 5.75 Å². The highest BCUT2D eigenvalue weighted by Gasteiger charge is 2.41. The molecular weight excluding hydrogens is 524 g/mol. The topological polar surface area (TPSA) is 67.9 Å². The number of nitrogens with one attached hydrogen (secondary N) is 1. The molecule has 3 aromatic carbocycles. The molecule has 3 unspecified atom stereocenters. The Hall–Kier alpha value is -4.06. The highest BCUT2D eigenvalue weighted by atomic mass is 16.5. The van der Waals surface area contributed by atoms with E-state index in [1.54, 1.807) is 12.1 Å². The van der Waals surface area contributed by atoms with Crippen molar-refractivity contribution in [1.29, 1.82) is 0 Å². The van der Waals surface area contributed by atoms with Gasteiger partial charge in [-0.1, -0.05) is 73.9 Å². The van der Waals surface area contributed by atoms with E-state index in [1.807, 2.05) is 54.3 Å². The van der Waals surface area contributed by atoms with Gasteiger partial charge in [0, 0.05) is 12.1 Å². The molecular formula is C36H42N2O4. The van der Waals surface area contributed by atoms with E-state index in [0.717, 1.165) is 61.0 Å². The first-order valence-corrected chi connectivity index (χ1v) is 15.3. The fraction of sp³-hybridized carbons (Fsp3) is 0.389. The summed E-state index contributed by atoms with van der Waals surface area (Å²) in [5, 5.41) is 3.08. The number of fused-ring (bicyclic) bond motifs is 1. The van der Waals surface area contributed by atoms with Crippen LogP contribution in [0, 0.1) is 6.92 Å². The summed E-state index contributed by atoms with van der Waals surface area (Å²) in [5.74, 6) is 0.992. The third kappa shape index (κ3) is 7.22. The van der Waals surface area contributed by atoms with Crippen LogP contribution in [0.2, 0.25) is 0 Å². The number of amides is 2. The molecule has 1 aliphatic carbocycles. The first kappa shape index (κ1) is 29.4. The van der Waals surface area contributed by atoms with E-state index in [4.69, 9.17) is 9.47 Å². The van der Waals surface area contributed by atoms with Crippen LogP contribution in [0.15, 0.2) is 78.6 Å². The molecule has 1 aliphatic heterocycles. The standard InChI is InChI=1S/C36H42N2O4/c1-4-5-22-41-31-20-18-29(19-21-31)26(3)37-35(39)30-16-14-27(15-17-30)23-34-36(40)38(24-28-12-10-25(2)11-13-28)32-8-6-7-9-33(32)42-34/h10-21,23,26,32-33H,4-9,22,24H2,1-3H3,(H,37,39)/b34-23+. The molecule has 1 heterocycles. The lowest BCUT2D eigenvalue weighted by Crippen LogP contribution is -2.54. The number of unbranched alkanes of at least 4 members (excludes halogenated alkanes) is 1. The van der Waals surface area contributed by atoms with Crippen LogP contribution in [0.1, 0.15) is 91.0 Å². The van der Waals surface area contributed by atoms with E-state index >= 15 is 0 Å². The Morgan fingerprint density at radius 2 is 1.74 bits per heavy atom. The number of aryl methyl sites for hydroxylation is 1. The predicted molar refractivity (Wildman–Crippen MR) is 166 cm³/mol. The number of nitrogens with zero attached hydrogens (tertiary/aromatic N) is 1. The van der Waals surface area contributed by atoms with Crippen molar-refractivity contribution in [3.63, 3.8) is 0 Å². The van der Waals surface area contributed by atoms with Crippen LogP contribution in [-0.2, 0) is 16.1 Å². The third-order valence-electron chi connectivity index (χ3n) is 8.26. The van der Waals surface area contributed by atoms with Crippen LogP contribution in [0.25, 0.3) is 6.08 Å². The predicted octanol–water partition coefficient (Wildman–Crippen LogP) is 7.38. The maximum absolute atomic E-state index is 13.6. The number of ether oxygens (including phenoxy) is 2. The Morgan fingerprint density at radius 3 is 2.45 bits per heavy atom. The van der Waals surface area contributed by atoms with Crippen molar-refractivity contribution in [2.24, 2.45) is 0 Å². The number of benzene rings is 3. The molecule has 0 bridgehead atoms. The van der Waals surface area contributed by atoms with Gasteiger partial charge in [0.2, 0.25) is 0 Å². The van der Waals surface area contributed by atoms with E-state index < -0.39 is 0 Å². The molecule has 6 heteroatoms. The van der Waals surface area contributed by atoms with Crippen LogP contribution in [-0.4, -0.2) is 35.5 Å². The van der Waals surface area contributed by atoms with Crippen molar-refractivity contribution in [2.75, 3.05) is 6.61 Å². The van der Waals surface area contributed by atoms with Crippen molar-refractivity contribution in [2.45, 2.75) is 84.0 Å². The first-order valence-electron chi connectivity index (χ1n) is 15.3. The van der Waals surface area contributed by atoms with Crippen molar-refractivity contribution in [3.8, 4) is 5.75 Å². The Labute approximate surface area is 249 Å². The van der Waals surface area contributed by atoms with Crippen LogP contribution >= 0.6 is 0 Å². The Bertz CT molecular complexity index is 1380. The number of hydrogen-bond acceptors (Lipinski definition) is 4. The Balaban J connectivity index is 1.24. The molecule has 1 saturated heterocycles. The average Bonchev–Trinajstić information content (AvgIpc) is 3.01. The molecule has 220 valence electrons. The van der Waals surface area contributed by atoms with Gasteiger partial charge in [0.05, 0.1) is 18.7 Å². The second-order valence-electron chi connectivity index (χ2n) is 11.5. The monoisotopic (exact) mass is 566 g/mol. The summed E-state index contributed by atoms with van der Waals surface area (Å²) in [7, 11) is 0. The SMILES string of the molecule is CCCCOc1ccc(C(C)NC(=O)c2ccc(/C=C3/OC4CCCCC4N(Cc4ccc(C)cc4)C3=O)cc2)cc1. The second kappa shape index (κ2) is 13.7. The van der Waals surface area contributed by atoms with Gasteiger partial charge in [0.25, 0.3) is 11.8 Å². The van der Waals surface area contributed by atoms with Crippen LogP contribution in [0.4, 0.5) is 0 Å². The minimum atomic E-state index is -0.153. The van der Waals surface area contributed by atoms with E-state index in [0.29, 0.717) is 24.5 Å². The molecule has 6 nitrogen and oxygen atoms in total. The van der Waals surface area contributed by atoms with E-state index in [1.165, 1.54) is 5.56 Å². The summed E-state index contributed by atoms with van der Waals surface area (Å²) >= 11 is 0. The second-order valence-corrected chi connectivity index (χ2v) is 11.5. The Morgan fingerprint density at radius 1 is 1.02 bits per heavy atom. The van der Waals surface area contributed by atoms with Crippen molar-refractivity contribution < 1.29 is 19.1 Å². The van der Waals surface area contributed by atoms with Gasteiger partial charge in [-0.3, -0.25) is 9.59 Å². The zero-order valence-corrected chi connectivity index (χ0v) is 25.0. The van der Waals surface area contributed by atoms with Gasteiger partial charge in [-0.15, -0.1) is 0 Å². The lowest BCUT2D eigenvalue weighted by Gasteiger charge is -2.44. The van der Waals surface area contributed by atoms with Crippen LogP contribution in [0.3, 0.4) is 0 Å². The molecule has 0 radical (unpaired) electrons. The third-order valence-corrected chi connectivity index (χ3v) is 8.26. The number of hydrogen-bond donors (Lipinski definition) is 1. The van der Waals surface area contributed by atoms with Gasteiger partial charge in [0.1, 0.15) is 11.9 Å². The van der Waals surface area contributed by atoms with Crippen molar-refractivity contribution >= 4 is 17.9 Å². The average molecular weight is 567 g/mol. The maximum atomic E-state index is 13.6. The molecule has 0 aromatic heterocycles. The van der Waals surface area contributed by atoms with E-state index in [-0.39, 0.29) is 30.0 Å². The molecule has 1 saturated carbocycles. The summed E-state index contributed by atoms with van der Waals surface area (Å²) in [6.45, 7) is 7.46. The van der Waals surface area contributed by atoms with Gasteiger partial charge < -0.3 is 19.7 Å². The maximum Gasteiger partial charge on any atom is 0.289 e. The summed E-state index contributed by atoms with van der Waals surface area (Å²) in [5.41, 5.74) is 4.73. The van der Waals surface area contributed by atoms with Crippen molar-refractivity contribution in [1.82, 2.24) is 10.2 Å². The van der Waals surface area contributed by atoms with Gasteiger partial charge in [-0.25, -0.2) is 0 Å². The molecule has 2 aliphatic rings. The molecule has 3 atom stereocenters. The number of carbonyl (C=O) groups is 2. The Kier molecular flexibility index (Phi) is 9.63. The zero-order valence-electron chi connectivity index (χ0n) is 25.0. The summed E-state index contributed by atoms with van der Waals surface area (Å²) < 4.78 is 12.0. The number of morpholine rings is 1. The minimum absolute atomic E-state index is 0.0108. The van der Waals surface area contributed by atoms with Gasteiger partial charge in [-0.05, 0) is 86.6 Å². The summed E-state index contributed by atoms with van der Waals surface area (Å²) in [6.07, 6.45) is 8.09. The van der Waals surface area contributed by atoms with E-state index in [2.05, 4.69) is 43.4 Å². The minimum Gasteiger partial charge on any atom is -0.494 e. The first-order chi connectivity index (χ1) is 20.4. The molecule has 2 amide bonds. The fourth-order valence-corrected chi connectivity index (χ4v) is 5.68. The van der Waals surface area contributed by atoms with Crippen molar-refractivity contribution in [3.05, 3.63) is 106 Å². The fourth-order valence-electron chi connectivity index (χ4n) is 5.68. The van der Waals surface area contributed by atoms with Crippen LogP contribution < -0.4 is 10.1 Å². The number of carbonyl (C=O) groups excluding carboxylic acids is 2. The molecule has 0 spiro atoms. The normalized spacial score (nSPS) is 20.0. The zero-order chi connectivity index (χ0) is 29.5. The number of rotatable bonds is 10. The van der Waals surface area contributed by atoms with Gasteiger partial charge in [-0.2, -0.15) is 0 Å².